The summed E-state index contributed by atoms with van der Waals surface area (Å²) in [4.78, 5) is 0.123. The van der Waals surface area contributed by atoms with Crippen LogP contribution in [0.2, 0.25) is 0 Å². The molecule has 0 heterocycles. The standard InChI is InChI=1S/C22H23NO5S/c1-27-20-9-3-17(4-10-20)15-23(16-18-5-11-21(28-2)12-6-18)29(25,26)22-13-7-19(24)8-14-22/h3-14,24H,15-16H2,1-2H3. The lowest BCUT2D eigenvalue weighted by Gasteiger charge is -2.23. The summed E-state index contributed by atoms with van der Waals surface area (Å²) >= 11 is 0. The molecule has 0 aromatic heterocycles. The van der Waals surface area contributed by atoms with Crippen LogP contribution >= 0.6 is 0 Å². The van der Waals surface area contributed by atoms with Gasteiger partial charge in [0.2, 0.25) is 10.0 Å². The Labute approximate surface area is 171 Å². The van der Waals surface area contributed by atoms with Gasteiger partial charge in [0.25, 0.3) is 0 Å². The van der Waals surface area contributed by atoms with Crippen LogP contribution in [0.1, 0.15) is 11.1 Å². The van der Waals surface area contributed by atoms with Crippen LogP contribution in [0.4, 0.5) is 0 Å². The van der Waals surface area contributed by atoms with Crippen molar-refractivity contribution in [3.05, 3.63) is 83.9 Å². The Hall–Kier alpha value is -3.03. The number of hydrogen-bond acceptors (Lipinski definition) is 5. The maximum atomic E-state index is 13.3. The molecule has 6 nitrogen and oxygen atoms in total. The fourth-order valence-corrected chi connectivity index (χ4v) is 4.28. The third-order valence-electron chi connectivity index (χ3n) is 4.51. The summed E-state index contributed by atoms with van der Waals surface area (Å²) < 4.78 is 38.3. The second-order valence-electron chi connectivity index (χ2n) is 6.46. The molecular weight excluding hydrogens is 390 g/mol. The lowest BCUT2D eigenvalue weighted by atomic mass is 10.2. The van der Waals surface area contributed by atoms with Crippen LogP contribution < -0.4 is 9.47 Å². The minimum Gasteiger partial charge on any atom is -0.508 e. The van der Waals surface area contributed by atoms with E-state index < -0.39 is 10.0 Å². The summed E-state index contributed by atoms with van der Waals surface area (Å²) in [7, 11) is -0.619. The zero-order chi connectivity index (χ0) is 20.9. The predicted octanol–water partition coefficient (Wildman–Crippen LogP) is 3.80. The molecule has 0 amide bonds. The molecule has 0 atom stereocenters. The largest absolute Gasteiger partial charge is 0.508 e. The molecule has 0 aliphatic rings. The molecule has 0 saturated heterocycles. The van der Waals surface area contributed by atoms with Crippen molar-refractivity contribution in [2.75, 3.05) is 14.2 Å². The monoisotopic (exact) mass is 413 g/mol. The predicted molar refractivity (Wildman–Crippen MR) is 111 cm³/mol. The summed E-state index contributed by atoms with van der Waals surface area (Å²) in [5, 5.41) is 9.50. The molecule has 7 heteroatoms. The molecule has 1 N–H and O–H groups in total. The summed E-state index contributed by atoms with van der Waals surface area (Å²) in [5.41, 5.74) is 1.67. The molecule has 0 saturated carbocycles. The molecule has 3 rings (SSSR count). The average Bonchev–Trinajstić information content (AvgIpc) is 2.74. The number of hydrogen-bond donors (Lipinski definition) is 1. The first-order chi connectivity index (χ1) is 13.9. The van der Waals surface area contributed by atoms with Crippen LogP contribution in [0.25, 0.3) is 0 Å². The van der Waals surface area contributed by atoms with Gasteiger partial charge in [-0.2, -0.15) is 4.31 Å². The molecular formula is C22H23NO5S. The molecule has 3 aromatic carbocycles. The Bertz CT molecular complexity index is 981. The summed E-state index contributed by atoms with van der Waals surface area (Å²) in [6.45, 7) is 0.387. The van der Waals surface area contributed by atoms with Crippen molar-refractivity contribution in [1.29, 1.82) is 0 Å². The van der Waals surface area contributed by atoms with Gasteiger partial charge in [0, 0.05) is 13.1 Å². The Morgan fingerprint density at radius 1 is 0.724 bits per heavy atom. The second kappa shape index (κ2) is 8.98. The van der Waals surface area contributed by atoms with Crippen molar-refractivity contribution >= 4 is 10.0 Å². The van der Waals surface area contributed by atoms with E-state index in [0.717, 1.165) is 11.1 Å². The zero-order valence-corrected chi connectivity index (χ0v) is 17.1. The van der Waals surface area contributed by atoms with E-state index in [4.69, 9.17) is 9.47 Å². The first kappa shape index (κ1) is 20.7. The maximum Gasteiger partial charge on any atom is 0.243 e. The van der Waals surface area contributed by atoms with Gasteiger partial charge < -0.3 is 14.6 Å². The van der Waals surface area contributed by atoms with Crippen LogP contribution in [0.5, 0.6) is 17.2 Å². The molecule has 0 aliphatic carbocycles. The van der Waals surface area contributed by atoms with Crippen molar-refractivity contribution < 1.29 is 23.0 Å². The van der Waals surface area contributed by atoms with E-state index in [1.807, 2.05) is 24.3 Å². The number of benzene rings is 3. The number of phenolic OH excluding ortho intramolecular Hbond substituents is 1. The van der Waals surface area contributed by atoms with Crippen molar-refractivity contribution in [1.82, 2.24) is 4.31 Å². The Balaban J connectivity index is 1.93. The fourth-order valence-electron chi connectivity index (χ4n) is 2.86. The molecule has 29 heavy (non-hydrogen) atoms. The zero-order valence-electron chi connectivity index (χ0n) is 16.3. The smallest absolute Gasteiger partial charge is 0.243 e. The molecule has 0 bridgehead atoms. The first-order valence-electron chi connectivity index (χ1n) is 8.97. The number of methoxy groups -OCH3 is 2. The van der Waals surface area contributed by atoms with E-state index in [-0.39, 0.29) is 23.7 Å². The van der Waals surface area contributed by atoms with Crippen LogP contribution in [-0.4, -0.2) is 32.0 Å². The lowest BCUT2D eigenvalue weighted by Crippen LogP contribution is -2.30. The Morgan fingerprint density at radius 2 is 1.14 bits per heavy atom. The highest BCUT2D eigenvalue weighted by Gasteiger charge is 2.25. The summed E-state index contributed by atoms with van der Waals surface area (Å²) in [6.07, 6.45) is 0. The van der Waals surface area contributed by atoms with Crippen LogP contribution in [0.3, 0.4) is 0 Å². The number of aromatic hydroxyl groups is 1. The van der Waals surface area contributed by atoms with E-state index in [1.165, 1.54) is 28.6 Å². The molecule has 0 unspecified atom stereocenters. The normalized spacial score (nSPS) is 11.4. The van der Waals surface area contributed by atoms with E-state index >= 15 is 0 Å². The molecule has 0 radical (unpaired) electrons. The van der Waals surface area contributed by atoms with Gasteiger partial charge in [-0.25, -0.2) is 8.42 Å². The number of rotatable bonds is 8. The molecule has 0 aliphatic heterocycles. The van der Waals surface area contributed by atoms with Crippen molar-refractivity contribution in [2.45, 2.75) is 18.0 Å². The van der Waals surface area contributed by atoms with Gasteiger partial charge in [0.05, 0.1) is 19.1 Å². The van der Waals surface area contributed by atoms with Crippen molar-refractivity contribution in [2.24, 2.45) is 0 Å². The van der Waals surface area contributed by atoms with Crippen LogP contribution in [-0.2, 0) is 23.1 Å². The van der Waals surface area contributed by atoms with Crippen molar-refractivity contribution in [3.8, 4) is 17.2 Å². The quantitative estimate of drug-likeness (QED) is 0.608. The van der Waals surface area contributed by atoms with Gasteiger partial charge in [-0.1, -0.05) is 24.3 Å². The number of sulfonamides is 1. The van der Waals surface area contributed by atoms with E-state index in [2.05, 4.69) is 0 Å². The second-order valence-corrected chi connectivity index (χ2v) is 8.40. The number of ether oxygens (including phenoxy) is 2. The van der Waals surface area contributed by atoms with Gasteiger partial charge in [-0.05, 0) is 59.7 Å². The van der Waals surface area contributed by atoms with Crippen LogP contribution in [0, 0.1) is 0 Å². The third kappa shape index (κ3) is 5.07. The van der Waals surface area contributed by atoms with E-state index in [9.17, 15) is 13.5 Å². The topological polar surface area (TPSA) is 76.1 Å². The highest BCUT2D eigenvalue weighted by molar-refractivity contribution is 7.89. The SMILES string of the molecule is COc1ccc(CN(Cc2ccc(OC)cc2)S(=O)(=O)c2ccc(O)cc2)cc1. The van der Waals surface area contributed by atoms with E-state index in [0.29, 0.717) is 11.5 Å². The first-order valence-corrected chi connectivity index (χ1v) is 10.4. The minimum absolute atomic E-state index is 0.0146. The molecule has 3 aromatic rings. The van der Waals surface area contributed by atoms with Gasteiger partial charge in [-0.15, -0.1) is 0 Å². The molecule has 152 valence electrons. The third-order valence-corrected chi connectivity index (χ3v) is 6.32. The van der Waals surface area contributed by atoms with Crippen LogP contribution in [0.15, 0.2) is 77.7 Å². The number of phenols is 1. The van der Waals surface area contributed by atoms with Gasteiger partial charge in [0.15, 0.2) is 0 Å². The maximum absolute atomic E-state index is 13.3. The minimum atomic E-state index is -3.79. The Morgan fingerprint density at radius 3 is 1.52 bits per heavy atom. The molecule has 0 spiro atoms. The molecule has 0 fully saturated rings. The fraction of sp³-hybridized carbons (Fsp3) is 0.182. The van der Waals surface area contributed by atoms with E-state index in [1.54, 1.807) is 38.5 Å². The highest BCUT2D eigenvalue weighted by atomic mass is 32.2. The van der Waals surface area contributed by atoms with Gasteiger partial charge in [0.1, 0.15) is 17.2 Å². The van der Waals surface area contributed by atoms with Gasteiger partial charge >= 0.3 is 0 Å². The highest BCUT2D eigenvalue weighted by Crippen LogP contribution is 2.24. The summed E-state index contributed by atoms with van der Waals surface area (Å²) in [5.74, 6) is 1.43. The van der Waals surface area contributed by atoms with Gasteiger partial charge in [-0.3, -0.25) is 0 Å². The average molecular weight is 413 g/mol. The lowest BCUT2D eigenvalue weighted by molar-refractivity contribution is 0.397. The Kier molecular flexibility index (Phi) is 6.41. The van der Waals surface area contributed by atoms with Crippen molar-refractivity contribution in [3.63, 3.8) is 0 Å². The summed E-state index contributed by atoms with van der Waals surface area (Å²) in [6, 6.07) is 20.1. The number of nitrogens with zero attached hydrogens (tertiary/aromatic N) is 1.